The minimum Gasteiger partial charge on any atom is -0.361 e. The summed E-state index contributed by atoms with van der Waals surface area (Å²) in [7, 11) is 0. The van der Waals surface area contributed by atoms with Gasteiger partial charge in [-0.2, -0.15) is 5.26 Å². The monoisotopic (exact) mass is 451 g/mol. The van der Waals surface area contributed by atoms with Crippen molar-refractivity contribution in [3.05, 3.63) is 78.2 Å². The first-order chi connectivity index (χ1) is 16.3. The van der Waals surface area contributed by atoms with E-state index in [-0.39, 0.29) is 0 Å². The minimum absolute atomic E-state index is 0.526. The molecule has 3 heterocycles. The van der Waals surface area contributed by atoms with Gasteiger partial charge < -0.3 is 15.6 Å². The maximum atomic E-state index is 9.80. The summed E-state index contributed by atoms with van der Waals surface area (Å²) in [6.07, 6.45) is 7.79. The van der Waals surface area contributed by atoms with Crippen molar-refractivity contribution in [2.45, 2.75) is 26.3 Å². The van der Waals surface area contributed by atoms with E-state index in [2.05, 4.69) is 57.9 Å². The van der Waals surface area contributed by atoms with E-state index in [1.54, 1.807) is 17.5 Å². The summed E-state index contributed by atoms with van der Waals surface area (Å²) in [5.41, 5.74) is 5.54. The second-order valence-corrected chi connectivity index (χ2v) is 9.19. The van der Waals surface area contributed by atoms with Gasteiger partial charge in [-0.15, -0.1) is 11.3 Å². The van der Waals surface area contributed by atoms with Crippen molar-refractivity contribution in [1.29, 1.82) is 5.26 Å². The normalized spacial score (nSPS) is 11.2. The molecular weight excluding hydrogens is 426 g/mol. The van der Waals surface area contributed by atoms with Crippen LogP contribution in [0.5, 0.6) is 0 Å². The van der Waals surface area contributed by atoms with E-state index in [0.717, 1.165) is 45.8 Å². The van der Waals surface area contributed by atoms with Gasteiger partial charge in [-0.3, -0.25) is 4.98 Å². The van der Waals surface area contributed by atoms with Crippen LogP contribution in [-0.4, -0.2) is 16.5 Å². The Morgan fingerprint density at radius 2 is 2.06 bits per heavy atom. The maximum absolute atomic E-state index is 9.80. The van der Waals surface area contributed by atoms with Crippen molar-refractivity contribution in [2.75, 3.05) is 11.9 Å². The van der Waals surface area contributed by atoms with Crippen LogP contribution in [0, 0.1) is 11.3 Å². The smallest absolute Gasteiger partial charge is 0.103 e. The highest BCUT2D eigenvalue weighted by Crippen LogP contribution is 2.40. The van der Waals surface area contributed by atoms with Gasteiger partial charge in [0.05, 0.1) is 11.3 Å². The number of hydrogen-bond donors (Lipinski definition) is 3. The minimum atomic E-state index is 0.526. The number of nitrogens with one attached hydrogen (secondary N) is 3. The molecule has 0 saturated carbocycles. The molecule has 2 aromatic carbocycles. The number of fused-ring (bicyclic) bond motifs is 2. The molecule has 0 radical (unpaired) electrons. The van der Waals surface area contributed by atoms with Gasteiger partial charge in [0.15, 0.2) is 0 Å². The molecule has 3 N–H and O–H groups in total. The van der Waals surface area contributed by atoms with Crippen LogP contribution in [0.25, 0.3) is 31.4 Å². The van der Waals surface area contributed by atoms with Crippen molar-refractivity contribution in [2.24, 2.45) is 0 Å². The largest absolute Gasteiger partial charge is 0.361 e. The van der Waals surface area contributed by atoms with E-state index >= 15 is 0 Å². The fourth-order valence-corrected chi connectivity index (χ4v) is 5.13. The number of unbranched alkanes of at least 4 members (excludes halogenated alkanes) is 1. The summed E-state index contributed by atoms with van der Waals surface area (Å²) in [5, 5.41) is 19.1. The van der Waals surface area contributed by atoms with E-state index in [0.29, 0.717) is 5.56 Å². The van der Waals surface area contributed by atoms with Crippen molar-refractivity contribution in [3.63, 3.8) is 0 Å². The van der Waals surface area contributed by atoms with Crippen LogP contribution in [0.3, 0.4) is 0 Å². The lowest BCUT2D eigenvalue weighted by Gasteiger charge is -2.13. The second kappa shape index (κ2) is 9.45. The van der Waals surface area contributed by atoms with Crippen LogP contribution in [0.4, 0.5) is 11.4 Å². The highest BCUT2D eigenvalue weighted by Gasteiger charge is 2.15. The molecule has 0 spiro atoms. The third kappa shape index (κ3) is 4.34. The zero-order valence-electron chi connectivity index (χ0n) is 18.5. The third-order valence-corrected chi connectivity index (χ3v) is 6.95. The second-order valence-electron chi connectivity index (χ2n) is 8.10. The van der Waals surface area contributed by atoms with Crippen molar-refractivity contribution in [1.82, 2.24) is 15.3 Å². The van der Waals surface area contributed by atoms with E-state index in [4.69, 9.17) is 0 Å². The van der Waals surface area contributed by atoms with E-state index in [1.807, 2.05) is 36.7 Å². The molecule has 0 aliphatic carbocycles. The Morgan fingerprint density at radius 3 is 2.94 bits per heavy atom. The van der Waals surface area contributed by atoms with Gasteiger partial charge >= 0.3 is 0 Å². The molecule has 0 fully saturated rings. The molecule has 5 nitrogen and oxygen atoms in total. The lowest BCUT2D eigenvalue weighted by atomic mass is 10.1. The van der Waals surface area contributed by atoms with Crippen LogP contribution >= 0.6 is 11.3 Å². The quantitative estimate of drug-likeness (QED) is 0.223. The Bertz CT molecular complexity index is 1460. The summed E-state index contributed by atoms with van der Waals surface area (Å²) in [6, 6.07) is 19.3. The highest BCUT2D eigenvalue weighted by molar-refractivity contribution is 7.22. The summed E-state index contributed by atoms with van der Waals surface area (Å²) in [5.74, 6) is 0. The molecular formula is C27H25N5S. The Balaban J connectivity index is 1.51. The molecule has 164 valence electrons. The summed E-state index contributed by atoms with van der Waals surface area (Å²) >= 11 is 1.72. The van der Waals surface area contributed by atoms with Gasteiger partial charge in [0.25, 0.3) is 0 Å². The average molecular weight is 452 g/mol. The standard InChI is InChI=1S/C27H25N5S/c1-2-3-10-29-15-18-7-8-25-19(12-18)13-26(33-25)22-17-30-16-20(14-28)27(22)32-24-6-4-5-23-21(24)9-11-31-23/h4-9,11-13,16-17,29,31H,2-3,10,15H2,1H3,(H,30,32). The molecule has 0 bridgehead atoms. The first kappa shape index (κ1) is 21.2. The number of pyridine rings is 1. The Morgan fingerprint density at radius 1 is 1.12 bits per heavy atom. The van der Waals surface area contributed by atoms with Crippen LogP contribution in [0.1, 0.15) is 30.9 Å². The summed E-state index contributed by atoms with van der Waals surface area (Å²) < 4.78 is 1.23. The van der Waals surface area contributed by atoms with Gasteiger partial charge in [0.1, 0.15) is 6.07 Å². The zero-order valence-corrected chi connectivity index (χ0v) is 19.3. The fraction of sp³-hybridized carbons (Fsp3) is 0.185. The first-order valence-electron chi connectivity index (χ1n) is 11.2. The molecule has 5 rings (SSSR count). The highest BCUT2D eigenvalue weighted by atomic mass is 32.1. The lowest BCUT2D eigenvalue weighted by Crippen LogP contribution is -2.14. The average Bonchev–Trinajstić information content (AvgIpc) is 3.49. The van der Waals surface area contributed by atoms with Gasteiger partial charge in [-0.05, 0) is 60.3 Å². The van der Waals surface area contributed by atoms with E-state index < -0.39 is 0 Å². The van der Waals surface area contributed by atoms with Crippen LogP contribution in [-0.2, 0) is 6.54 Å². The lowest BCUT2D eigenvalue weighted by molar-refractivity contribution is 0.642. The number of aromatic amines is 1. The number of H-pyrrole nitrogens is 1. The molecule has 3 aromatic heterocycles. The first-order valence-corrected chi connectivity index (χ1v) is 12.0. The molecule has 5 aromatic rings. The van der Waals surface area contributed by atoms with Crippen molar-refractivity contribution >= 4 is 43.7 Å². The SMILES string of the molecule is CCCCNCc1ccc2sc(-c3cncc(C#N)c3Nc3cccc4[nH]ccc34)cc2c1. The Labute approximate surface area is 197 Å². The maximum Gasteiger partial charge on any atom is 0.103 e. The Kier molecular flexibility index (Phi) is 6.07. The summed E-state index contributed by atoms with van der Waals surface area (Å²) in [6.45, 7) is 4.12. The Hall–Kier alpha value is -3.66. The molecule has 0 aliphatic heterocycles. The number of nitrogens with zero attached hydrogens (tertiary/aromatic N) is 2. The van der Waals surface area contributed by atoms with Gasteiger partial charge in [0, 0.05) is 56.9 Å². The van der Waals surface area contributed by atoms with Crippen LogP contribution < -0.4 is 10.6 Å². The number of hydrogen-bond acceptors (Lipinski definition) is 5. The number of aromatic nitrogens is 2. The molecule has 0 saturated heterocycles. The van der Waals surface area contributed by atoms with Crippen molar-refractivity contribution < 1.29 is 0 Å². The predicted octanol–water partition coefficient (Wildman–Crippen LogP) is 6.95. The number of anilines is 2. The van der Waals surface area contributed by atoms with Gasteiger partial charge in [-0.1, -0.05) is 25.5 Å². The van der Waals surface area contributed by atoms with Crippen LogP contribution in [0.15, 0.2) is 67.1 Å². The number of rotatable bonds is 8. The fourth-order valence-electron chi connectivity index (χ4n) is 4.07. The number of benzene rings is 2. The zero-order chi connectivity index (χ0) is 22.6. The van der Waals surface area contributed by atoms with E-state index in [1.165, 1.54) is 28.5 Å². The van der Waals surface area contributed by atoms with Gasteiger partial charge in [0.2, 0.25) is 0 Å². The topological polar surface area (TPSA) is 76.5 Å². The summed E-state index contributed by atoms with van der Waals surface area (Å²) in [4.78, 5) is 8.70. The molecule has 0 unspecified atom stereocenters. The molecule has 0 aliphatic rings. The molecule has 0 amide bonds. The molecule has 33 heavy (non-hydrogen) atoms. The van der Waals surface area contributed by atoms with Gasteiger partial charge in [-0.25, -0.2) is 0 Å². The third-order valence-electron chi connectivity index (χ3n) is 5.80. The number of nitriles is 1. The molecule has 0 atom stereocenters. The van der Waals surface area contributed by atoms with Crippen molar-refractivity contribution in [3.8, 4) is 16.5 Å². The predicted molar refractivity (Wildman–Crippen MR) is 138 cm³/mol. The van der Waals surface area contributed by atoms with Crippen LogP contribution in [0.2, 0.25) is 0 Å². The molecule has 6 heteroatoms. The van der Waals surface area contributed by atoms with E-state index in [9.17, 15) is 5.26 Å². The number of thiophene rings is 1.